The first-order chi connectivity index (χ1) is 11.9. The minimum Gasteiger partial charge on any atom is -0.326 e. The van der Waals surface area contributed by atoms with Crippen LogP contribution in [0.1, 0.15) is 34.6 Å². The maximum atomic E-state index is 12.4. The van der Waals surface area contributed by atoms with Crippen molar-refractivity contribution in [1.29, 1.82) is 0 Å². The van der Waals surface area contributed by atoms with Gasteiger partial charge in [0.2, 0.25) is 5.91 Å². The minimum atomic E-state index is -0.714. The summed E-state index contributed by atoms with van der Waals surface area (Å²) in [5, 5.41) is 9.56. The van der Waals surface area contributed by atoms with Crippen LogP contribution in [0.15, 0.2) is 24.3 Å². The van der Waals surface area contributed by atoms with Crippen molar-refractivity contribution >= 4 is 29.0 Å². The molecule has 2 N–H and O–H groups in total. The van der Waals surface area contributed by atoms with Crippen LogP contribution in [0.25, 0.3) is 0 Å². The van der Waals surface area contributed by atoms with Crippen LogP contribution < -0.4 is 10.6 Å². The number of carbonyl (C=O) groups is 3. The summed E-state index contributed by atoms with van der Waals surface area (Å²) < 4.78 is 1.58. The van der Waals surface area contributed by atoms with Crippen molar-refractivity contribution in [2.24, 2.45) is 13.0 Å². The molecule has 1 saturated carbocycles. The second-order valence-corrected chi connectivity index (χ2v) is 6.29. The Kier molecular flexibility index (Phi) is 4.39. The number of nitrogens with zero attached hydrogens (tertiary/aromatic N) is 2. The Bertz CT molecular complexity index is 848. The number of aromatic nitrogens is 2. The van der Waals surface area contributed by atoms with Crippen LogP contribution in [-0.2, 0) is 16.6 Å². The molecule has 0 unspecified atom stereocenters. The van der Waals surface area contributed by atoms with E-state index in [0.29, 0.717) is 28.3 Å². The van der Waals surface area contributed by atoms with Gasteiger partial charge in [0, 0.05) is 30.0 Å². The molecule has 7 nitrogen and oxygen atoms in total. The summed E-state index contributed by atoms with van der Waals surface area (Å²) in [5.74, 6) is -1.18. The van der Waals surface area contributed by atoms with Crippen LogP contribution in [-0.4, -0.2) is 27.4 Å². The van der Waals surface area contributed by atoms with Gasteiger partial charge in [0.15, 0.2) is 0 Å². The van der Waals surface area contributed by atoms with E-state index < -0.39 is 11.7 Å². The van der Waals surface area contributed by atoms with E-state index >= 15 is 0 Å². The number of carbonyl (C=O) groups excluding carboxylic acids is 3. The first-order valence-corrected chi connectivity index (χ1v) is 8.13. The predicted molar refractivity (Wildman–Crippen MR) is 93.4 cm³/mol. The Morgan fingerprint density at radius 1 is 1.04 bits per heavy atom. The van der Waals surface area contributed by atoms with Gasteiger partial charge in [-0.1, -0.05) is 0 Å². The van der Waals surface area contributed by atoms with Crippen LogP contribution in [0, 0.1) is 19.8 Å². The number of aryl methyl sites for hydroxylation is 2. The maximum absolute atomic E-state index is 12.4. The fraction of sp³-hybridized carbons (Fsp3) is 0.333. The largest absolute Gasteiger partial charge is 0.326 e. The number of rotatable bonds is 5. The molecule has 7 heteroatoms. The lowest BCUT2D eigenvalue weighted by molar-refractivity contribution is -0.117. The van der Waals surface area contributed by atoms with Gasteiger partial charge in [-0.05, 0) is 51.0 Å². The lowest BCUT2D eigenvalue weighted by atomic mass is 10.1. The van der Waals surface area contributed by atoms with E-state index in [4.69, 9.17) is 0 Å². The molecule has 25 heavy (non-hydrogen) atoms. The van der Waals surface area contributed by atoms with E-state index in [-0.39, 0.29) is 11.8 Å². The number of hydrogen-bond acceptors (Lipinski definition) is 4. The molecule has 0 radical (unpaired) electrons. The van der Waals surface area contributed by atoms with Crippen molar-refractivity contribution in [3.8, 4) is 0 Å². The zero-order chi connectivity index (χ0) is 18.1. The third-order valence-electron chi connectivity index (χ3n) is 4.30. The van der Waals surface area contributed by atoms with E-state index in [9.17, 15) is 14.4 Å². The zero-order valence-corrected chi connectivity index (χ0v) is 14.4. The summed E-state index contributed by atoms with van der Waals surface area (Å²) >= 11 is 0. The van der Waals surface area contributed by atoms with E-state index in [2.05, 4.69) is 15.7 Å². The molecular formula is C18H20N4O3. The number of hydrogen-bond donors (Lipinski definition) is 2. The van der Waals surface area contributed by atoms with Crippen molar-refractivity contribution in [2.45, 2.75) is 26.7 Å². The summed E-state index contributed by atoms with van der Waals surface area (Å²) in [5.41, 5.74) is 2.66. The molecule has 1 heterocycles. The van der Waals surface area contributed by atoms with Gasteiger partial charge in [0.05, 0.1) is 11.3 Å². The molecule has 0 saturated heterocycles. The van der Waals surface area contributed by atoms with Crippen molar-refractivity contribution in [3.63, 3.8) is 0 Å². The standard InChI is InChI=1S/C18H20N4O3/c1-10-15(11(2)22(3)21-10)16(23)18(25)20-14-8-6-13(7-9-14)19-17(24)12-4-5-12/h6-9,12H,4-5H2,1-3H3,(H,19,24)(H,20,25). The molecule has 1 aliphatic carbocycles. The molecule has 130 valence electrons. The summed E-state index contributed by atoms with van der Waals surface area (Å²) in [6.45, 7) is 3.45. The van der Waals surface area contributed by atoms with E-state index in [1.807, 2.05) is 0 Å². The molecule has 0 bridgehead atoms. The minimum absolute atomic E-state index is 0.0227. The third kappa shape index (κ3) is 3.60. The van der Waals surface area contributed by atoms with Crippen molar-refractivity contribution < 1.29 is 14.4 Å². The van der Waals surface area contributed by atoms with Gasteiger partial charge in [-0.2, -0.15) is 5.10 Å². The second kappa shape index (κ2) is 6.51. The van der Waals surface area contributed by atoms with Crippen LogP contribution in [0.4, 0.5) is 11.4 Å². The highest BCUT2D eigenvalue weighted by Crippen LogP contribution is 2.30. The summed E-state index contributed by atoms with van der Waals surface area (Å²) in [4.78, 5) is 36.3. The predicted octanol–water partition coefficient (Wildman–Crippen LogP) is 2.21. The summed E-state index contributed by atoms with van der Waals surface area (Å²) in [7, 11) is 1.73. The number of Topliss-reactive ketones (excluding diaryl/α,β-unsaturated/α-hetero) is 1. The van der Waals surface area contributed by atoms with Crippen molar-refractivity contribution in [3.05, 3.63) is 41.2 Å². The smallest absolute Gasteiger partial charge is 0.296 e. The van der Waals surface area contributed by atoms with Crippen molar-refractivity contribution in [1.82, 2.24) is 9.78 Å². The molecule has 2 amide bonds. The molecule has 3 rings (SSSR count). The van der Waals surface area contributed by atoms with Gasteiger partial charge in [-0.25, -0.2) is 0 Å². The first-order valence-electron chi connectivity index (χ1n) is 8.13. The summed E-state index contributed by atoms with van der Waals surface area (Å²) in [6, 6.07) is 6.69. The number of benzene rings is 1. The van der Waals surface area contributed by atoms with E-state index in [0.717, 1.165) is 12.8 Å². The average molecular weight is 340 g/mol. The van der Waals surface area contributed by atoms with Gasteiger partial charge >= 0.3 is 0 Å². The Morgan fingerprint density at radius 3 is 2.08 bits per heavy atom. The normalized spacial score (nSPS) is 13.4. The SMILES string of the molecule is Cc1nn(C)c(C)c1C(=O)C(=O)Nc1ccc(NC(=O)C2CC2)cc1. The lowest BCUT2D eigenvalue weighted by Gasteiger charge is -2.07. The first kappa shape index (κ1) is 16.9. The number of ketones is 1. The van der Waals surface area contributed by atoms with Crippen LogP contribution in [0.3, 0.4) is 0 Å². The van der Waals surface area contributed by atoms with E-state index in [1.54, 1.807) is 49.8 Å². The maximum Gasteiger partial charge on any atom is 0.296 e. The Labute approximate surface area is 145 Å². The number of nitrogens with one attached hydrogen (secondary N) is 2. The fourth-order valence-electron chi connectivity index (χ4n) is 2.63. The van der Waals surface area contributed by atoms with Crippen LogP contribution in [0.5, 0.6) is 0 Å². The van der Waals surface area contributed by atoms with Gasteiger partial charge in [-0.3, -0.25) is 19.1 Å². The third-order valence-corrected chi connectivity index (χ3v) is 4.30. The zero-order valence-electron chi connectivity index (χ0n) is 14.4. The fourth-order valence-corrected chi connectivity index (χ4v) is 2.63. The average Bonchev–Trinajstić information content (AvgIpc) is 3.37. The highest BCUT2D eigenvalue weighted by molar-refractivity contribution is 6.47. The number of anilines is 2. The molecule has 1 fully saturated rings. The molecule has 1 aromatic heterocycles. The van der Waals surface area contributed by atoms with Gasteiger partial charge < -0.3 is 10.6 Å². The van der Waals surface area contributed by atoms with Crippen LogP contribution >= 0.6 is 0 Å². The Morgan fingerprint density at radius 2 is 1.60 bits per heavy atom. The van der Waals surface area contributed by atoms with Gasteiger partial charge in [-0.15, -0.1) is 0 Å². The van der Waals surface area contributed by atoms with Gasteiger partial charge in [0.25, 0.3) is 11.7 Å². The molecule has 1 aromatic carbocycles. The Balaban J connectivity index is 1.66. The highest BCUT2D eigenvalue weighted by Gasteiger charge is 2.29. The molecular weight excluding hydrogens is 320 g/mol. The molecule has 0 atom stereocenters. The topological polar surface area (TPSA) is 93.1 Å². The van der Waals surface area contributed by atoms with E-state index in [1.165, 1.54) is 0 Å². The second-order valence-electron chi connectivity index (χ2n) is 6.29. The molecule has 2 aromatic rings. The van der Waals surface area contributed by atoms with Crippen molar-refractivity contribution in [2.75, 3.05) is 10.6 Å². The molecule has 1 aliphatic rings. The Hall–Kier alpha value is -2.96. The van der Waals surface area contributed by atoms with Crippen LogP contribution in [0.2, 0.25) is 0 Å². The molecule has 0 aliphatic heterocycles. The lowest BCUT2D eigenvalue weighted by Crippen LogP contribution is -2.24. The monoisotopic (exact) mass is 340 g/mol. The summed E-state index contributed by atoms with van der Waals surface area (Å²) in [6.07, 6.45) is 1.88. The quantitative estimate of drug-likeness (QED) is 0.645. The molecule has 0 spiro atoms. The number of amides is 2. The highest BCUT2D eigenvalue weighted by atomic mass is 16.2. The van der Waals surface area contributed by atoms with Gasteiger partial charge in [0.1, 0.15) is 0 Å².